The summed E-state index contributed by atoms with van der Waals surface area (Å²) < 4.78 is 2.92. The molecule has 0 aliphatic carbocycles. The monoisotopic (exact) mass is 315 g/mol. The Labute approximate surface area is 117 Å². The summed E-state index contributed by atoms with van der Waals surface area (Å²) in [5.74, 6) is 0.265. The van der Waals surface area contributed by atoms with Gasteiger partial charge in [-0.15, -0.1) is 0 Å². The minimum absolute atomic E-state index is 0.265. The molecule has 0 radical (unpaired) electrons. The van der Waals surface area contributed by atoms with Gasteiger partial charge in [-0.1, -0.05) is 6.92 Å². The lowest BCUT2D eigenvalue weighted by Gasteiger charge is -2.04. The summed E-state index contributed by atoms with van der Waals surface area (Å²) in [5, 5.41) is 4.49. The summed E-state index contributed by atoms with van der Waals surface area (Å²) in [5.41, 5.74) is 7.46. The van der Waals surface area contributed by atoms with E-state index in [-0.39, 0.29) is 5.78 Å². The average Bonchev–Trinajstić information content (AvgIpc) is 2.66. The van der Waals surface area contributed by atoms with E-state index in [4.69, 9.17) is 5.73 Å². The molecule has 0 bridgehead atoms. The van der Waals surface area contributed by atoms with Crippen molar-refractivity contribution in [2.75, 3.05) is 6.54 Å². The molecule has 0 fully saturated rings. The van der Waals surface area contributed by atoms with Crippen molar-refractivity contribution in [2.24, 2.45) is 5.73 Å². The van der Waals surface area contributed by atoms with Crippen LogP contribution in [0.3, 0.4) is 0 Å². The van der Waals surface area contributed by atoms with Crippen LogP contribution in [0.1, 0.15) is 44.5 Å². The molecule has 102 valence electrons. The molecule has 1 rings (SSSR count). The molecule has 1 heterocycles. The molecule has 0 unspecified atom stereocenters. The molecule has 0 amide bonds. The van der Waals surface area contributed by atoms with Crippen LogP contribution in [-0.4, -0.2) is 22.1 Å². The highest BCUT2D eigenvalue weighted by atomic mass is 79.9. The third-order valence-electron chi connectivity index (χ3n) is 2.97. The SMILES string of the molecule is CCc1nn(CC)c(CC(=O)CCCCN)c1Br. The molecule has 0 saturated carbocycles. The number of hydrogen-bond acceptors (Lipinski definition) is 3. The molecule has 5 heteroatoms. The quantitative estimate of drug-likeness (QED) is 0.750. The summed E-state index contributed by atoms with van der Waals surface area (Å²) in [6, 6.07) is 0. The van der Waals surface area contributed by atoms with Crippen molar-refractivity contribution in [1.29, 1.82) is 0 Å². The van der Waals surface area contributed by atoms with Gasteiger partial charge in [0, 0.05) is 19.4 Å². The predicted molar refractivity (Wildman–Crippen MR) is 76.6 cm³/mol. The van der Waals surface area contributed by atoms with Crippen LogP contribution in [0, 0.1) is 0 Å². The van der Waals surface area contributed by atoms with Crippen LogP contribution in [0.25, 0.3) is 0 Å². The number of carbonyl (C=O) groups excluding carboxylic acids is 1. The van der Waals surface area contributed by atoms with E-state index in [1.807, 2.05) is 11.6 Å². The molecule has 0 spiro atoms. The standard InChI is InChI=1S/C13H22BrN3O/c1-3-11-13(14)12(17(4-2)16-11)9-10(18)7-5-6-8-15/h3-9,15H2,1-2H3. The molecule has 0 atom stereocenters. The zero-order valence-corrected chi connectivity index (χ0v) is 12.8. The molecule has 0 aliphatic rings. The van der Waals surface area contributed by atoms with Crippen LogP contribution < -0.4 is 5.73 Å². The molecule has 0 aliphatic heterocycles. The number of ketones is 1. The van der Waals surface area contributed by atoms with Crippen molar-refractivity contribution in [3.63, 3.8) is 0 Å². The van der Waals surface area contributed by atoms with Crippen molar-refractivity contribution in [3.05, 3.63) is 15.9 Å². The number of unbranched alkanes of at least 4 members (excludes halogenated alkanes) is 1. The number of aromatic nitrogens is 2. The Balaban J connectivity index is 2.70. The van der Waals surface area contributed by atoms with E-state index >= 15 is 0 Å². The first-order valence-electron chi connectivity index (χ1n) is 6.59. The van der Waals surface area contributed by atoms with Crippen molar-refractivity contribution < 1.29 is 4.79 Å². The van der Waals surface area contributed by atoms with Crippen molar-refractivity contribution >= 4 is 21.7 Å². The third-order valence-corrected chi connectivity index (χ3v) is 3.88. The Morgan fingerprint density at radius 1 is 1.39 bits per heavy atom. The number of nitrogens with two attached hydrogens (primary N) is 1. The first kappa shape index (κ1) is 15.4. The van der Waals surface area contributed by atoms with E-state index in [0.717, 1.165) is 41.7 Å². The fourth-order valence-electron chi connectivity index (χ4n) is 1.93. The van der Waals surface area contributed by atoms with E-state index in [2.05, 4.69) is 28.0 Å². The largest absolute Gasteiger partial charge is 0.330 e. The van der Waals surface area contributed by atoms with Gasteiger partial charge in [0.1, 0.15) is 5.78 Å². The Morgan fingerprint density at radius 3 is 2.67 bits per heavy atom. The van der Waals surface area contributed by atoms with E-state index < -0.39 is 0 Å². The third kappa shape index (κ3) is 3.92. The zero-order valence-electron chi connectivity index (χ0n) is 11.2. The number of hydrogen-bond donors (Lipinski definition) is 1. The second kappa shape index (κ2) is 7.69. The predicted octanol–water partition coefficient (Wildman–Crippen LogP) is 2.47. The van der Waals surface area contributed by atoms with Crippen LogP contribution in [0.5, 0.6) is 0 Å². The number of aryl methyl sites for hydroxylation is 2. The van der Waals surface area contributed by atoms with Crippen LogP contribution in [0.2, 0.25) is 0 Å². The Morgan fingerprint density at radius 2 is 2.11 bits per heavy atom. The molecule has 18 heavy (non-hydrogen) atoms. The lowest BCUT2D eigenvalue weighted by molar-refractivity contribution is -0.118. The molecule has 2 N–H and O–H groups in total. The lowest BCUT2D eigenvalue weighted by Crippen LogP contribution is -2.10. The summed E-state index contributed by atoms with van der Waals surface area (Å²) in [6.07, 6.45) is 3.75. The summed E-state index contributed by atoms with van der Waals surface area (Å²) in [7, 11) is 0. The summed E-state index contributed by atoms with van der Waals surface area (Å²) in [6.45, 7) is 5.56. The number of rotatable bonds is 8. The van der Waals surface area contributed by atoms with Crippen molar-refractivity contribution in [3.8, 4) is 0 Å². The van der Waals surface area contributed by atoms with E-state index in [9.17, 15) is 4.79 Å². The van der Waals surface area contributed by atoms with Gasteiger partial charge in [-0.05, 0) is 48.7 Å². The Kier molecular flexibility index (Phi) is 6.57. The van der Waals surface area contributed by atoms with Gasteiger partial charge in [0.05, 0.1) is 15.9 Å². The van der Waals surface area contributed by atoms with Gasteiger partial charge in [-0.3, -0.25) is 9.48 Å². The maximum atomic E-state index is 11.9. The highest BCUT2D eigenvalue weighted by Crippen LogP contribution is 2.23. The molecular formula is C13H22BrN3O. The van der Waals surface area contributed by atoms with Gasteiger partial charge < -0.3 is 5.73 Å². The molecule has 4 nitrogen and oxygen atoms in total. The normalized spacial score (nSPS) is 10.9. The van der Waals surface area contributed by atoms with Gasteiger partial charge in [0.15, 0.2) is 0 Å². The van der Waals surface area contributed by atoms with Crippen LogP contribution in [0.15, 0.2) is 4.47 Å². The highest BCUT2D eigenvalue weighted by molar-refractivity contribution is 9.10. The van der Waals surface area contributed by atoms with Crippen molar-refractivity contribution in [2.45, 2.75) is 52.5 Å². The van der Waals surface area contributed by atoms with E-state index in [1.54, 1.807) is 0 Å². The fourth-order valence-corrected chi connectivity index (χ4v) is 2.63. The Hall–Kier alpha value is -0.680. The fraction of sp³-hybridized carbons (Fsp3) is 0.692. The first-order chi connectivity index (χ1) is 8.63. The van der Waals surface area contributed by atoms with Gasteiger partial charge in [0.2, 0.25) is 0 Å². The highest BCUT2D eigenvalue weighted by Gasteiger charge is 2.16. The van der Waals surface area contributed by atoms with Gasteiger partial charge in [0.25, 0.3) is 0 Å². The molecule has 1 aromatic heterocycles. The molecule has 0 saturated heterocycles. The second-order valence-corrected chi connectivity index (χ2v) is 5.13. The van der Waals surface area contributed by atoms with E-state index in [1.165, 1.54) is 0 Å². The number of carbonyl (C=O) groups is 1. The van der Waals surface area contributed by atoms with Crippen LogP contribution in [-0.2, 0) is 24.2 Å². The molecule has 0 aromatic carbocycles. The summed E-state index contributed by atoms with van der Waals surface area (Å²) in [4.78, 5) is 11.9. The second-order valence-electron chi connectivity index (χ2n) is 4.34. The minimum atomic E-state index is 0.265. The minimum Gasteiger partial charge on any atom is -0.330 e. The smallest absolute Gasteiger partial charge is 0.138 e. The number of nitrogens with zero attached hydrogens (tertiary/aromatic N) is 2. The van der Waals surface area contributed by atoms with Crippen LogP contribution >= 0.6 is 15.9 Å². The number of halogens is 1. The van der Waals surface area contributed by atoms with Crippen molar-refractivity contribution in [1.82, 2.24) is 9.78 Å². The van der Waals surface area contributed by atoms with Gasteiger partial charge in [-0.2, -0.15) is 5.10 Å². The topological polar surface area (TPSA) is 60.9 Å². The maximum absolute atomic E-state index is 11.9. The van der Waals surface area contributed by atoms with Gasteiger partial charge in [-0.25, -0.2) is 0 Å². The average molecular weight is 316 g/mol. The van der Waals surface area contributed by atoms with Gasteiger partial charge >= 0.3 is 0 Å². The lowest BCUT2D eigenvalue weighted by atomic mass is 10.1. The van der Waals surface area contributed by atoms with Crippen LogP contribution in [0.4, 0.5) is 0 Å². The van der Waals surface area contributed by atoms with E-state index in [0.29, 0.717) is 19.4 Å². The molecular weight excluding hydrogens is 294 g/mol. The molecule has 1 aromatic rings. The zero-order chi connectivity index (χ0) is 13.5. The Bertz CT molecular complexity index is 401. The first-order valence-corrected chi connectivity index (χ1v) is 7.39. The summed E-state index contributed by atoms with van der Waals surface area (Å²) >= 11 is 3.56. The maximum Gasteiger partial charge on any atom is 0.138 e. The number of Topliss-reactive ketones (excluding diaryl/α,β-unsaturated/α-hetero) is 1.